The summed E-state index contributed by atoms with van der Waals surface area (Å²) in [4.78, 5) is 16.2. The van der Waals surface area contributed by atoms with Gasteiger partial charge in [-0.25, -0.2) is 4.98 Å². The number of rotatable bonds is 5. The van der Waals surface area contributed by atoms with Crippen LogP contribution in [0.15, 0.2) is 65.2 Å². The Morgan fingerprint density at radius 3 is 2.62 bits per heavy atom. The fourth-order valence-electron chi connectivity index (χ4n) is 2.23. The summed E-state index contributed by atoms with van der Waals surface area (Å²) in [6.07, 6.45) is 0.253. The lowest BCUT2D eigenvalue weighted by Crippen LogP contribution is -2.29. The Balaban J connectivity index is 1.63. The van der Waals surface area contributed by atoms with Crippen molar-refractivity contribution in [1.82, 2.24) is 10.3 Å². The molecule has 2 N–H and O–H groups in total. The summed E-state index contributed by atoms with van der Waals surface area (Å²) in [6, 6.07) is 16.2. The van der Waals surface area contributed by atoms with Gasteiger partial charge in [0, 0.05) is 16.1 Å². The maximum atomic E-state index is 12.1. The molecule has 2 aromatic carbocycles. The number of amides is 1. The fourth-order valence-corrected chi connectivity index (χ4v) is 2.46. The van der Waals surface area contributed by atoms with E-state index in [1.54, 1.807) is 30.5 Å². The quantitative estimate of drug-likeness (QED) is 0.745. The second-order valence-corrected chi connectivity index (χ2v) is 5.53. The summed E-state index contributed by atoms with van der Waals surface area (Å²) in [6.45, 7) is 0.0766. The molecule has 0 saturated carbocycles. The zero-order valence-corrected chi connectivity index (χ0v) is 13.4. The van der Waals surface area contributed by atoms with E-state index in [0.29, 0.717) is 22.2 Å². The highest BCUT2D eigenvalue weighted by Crippen LogP contribution is 2.23. The third-order valence-electron chi connectivity index (χ3n) is 3.47. The molecule has 0 saturated heterocycles. The van der Waals surface area contributed by atoms with E-state index in [1.807, 2.05) is 30.3 Å². The molecule has 1 atom stereocenters. The Morgan fingerprint density at radius 1 is 1.17 bits per heavy atom. The minimum atomic E-state index is -1.35. The lowest BCUT2D eigenvalue weighted by Gasteiger charge is -2.12. The van der Waals surface area contributed by atoms with Crippen molar-refractivity contribution in [2.24, 2.45) is 0 Å². The second kappa shape index (κ2) is 7.29. The van der Waals surface area contributed by atoms with Crippen molar-refractivity contribution in [2.75, 3.05) is 0 Å². The molecule has 0 radical (unpaired) electrons. The van der Waals surface area contributed by atoms with Gasteiger partial charge in [-0.15, -0.1) is 0 Å². The monoisotopic (exact) mass is 342 g/mol. The number of carbonyl (C=O) groups is 1. The van der Waals surface area contributed by atoms with Crippen molar-refractivity contribution in [2.45, 2.75) is 12.6 Å². The topological polar surface area (TPSA) is 75.4 Å². The van der Waals surface area contributed by atoms with Gasteiger partial charge in [-0.3, -0.25) is 4.79 Å². The molecule has 0 bridgehead atoms. The Labute approximate surface area is 143 Å². The third-order valence-corrected chi connectivity index (χ3v) is 3.82. The van der Waals surface area contributed by atoms with E-state index in [1.165, 1.54) is 0 Å². The molecule has 1 amide bonds. The lowest BCUT2D eigenvalue weighted by atomic mass is 10.1. The Kier molecular flexibility index (Phi) is 4.93. The first-order chi connectivity index (χ1) is 11.6. The first-order valence-corrected chi connectivity index (χ1v) is 7.73. The van der Waals surface area contributed by atoms with Gasteiger partial charge in [0.05, 0.1) is 12.7 Å². The predicted octanol–water partition coefficient (Wildman–Crippen LogP) is 3.34. The van der Waals surface area contributed by atoms with Gasteiger partial charge in [-0.2, -0.15) is 0 Å². The number of hydrogen-bond acceptors (Lipinski definition) is 4. The zero-order valence-electron chi connectivity index (χ0n) is 12.6. The molecule has 3 rings (SSSR count). The number of aliphatic hydroxyl groups excluding tert-OH is 1. The van der Waals surface area contributed by atoms with E-state index in [0.717, 1.165) is 5.56 Å². The Morgan fingerprint density at radius 2 is 1.88 bits per heavy atom. The average molecular weight is 343 g/mol. The van der Waals surface area contributed by atoms with E-state index in [2.05, 4.69) is 10.3 Å². The summed E-state index contributed by atoms with van der Waals surface area (Å²) in [7, 11) is 0. The second-order valence-electron chi connectivity index (χ2n) is 5.13. The summed E-state index contributed by atoms with van der Waals surface area (Å²) < 4.78 is 5.60. The molecule has 122 valence electrons. The van der Waals surface area contributed by atoms with Crippen molar-refractivity contribution in [3.05, 3.63) is 77.3 Å². The number of aliphatic hydroxyl groups is 1. The van der Waals surface area contributed by atoms with Gasteiger partial charge in [-0.1, -0.05) is 60.1 Å². The average Bonchev–Trinajstić information content (AvgIpc) is 3.09. The fraction of sp³-hybridized carbons (Fsp3) is 0.111. The van der Waals surface area contributed by atoms with Gasteiger partial charge in [0.2, 0.25) is 5.89 Å². The van der Waals surface area contributed by atoms with E-state index in [9.17, 15) is 9.90 Å². The smallest absolute Gasteiger partial charge is 0.253 e. The van der Waals surface area contributed by atoms with Crippen LogP contribution >= 0.6 is 11.6 Å². The van der Waals surface area contributed by atoms with Crippen molar-refractivity contribution in [3.63, 3.8) is 0 Å². The first kappa shape index (κ1) is 16.2. The van der Waals surface area contributed by atoms with Gasteiger partial charge in [0.15, 0.2) is 11.9 Å². The molecule has 24 heavy (non-hydrogen) atoms. The Bertz CT molecular complexity index is 833. The van der Waals surface area contributed by atoms with Crippen LogP contribution in [0.1, 0.15) is 17.6 Å². The van der Waals surface area contributed by atoms with Crippen LogP contribution in [0, 0.1) is 0 Å². The van der Waals surface area contributed by atoms with Crippen LogP contribution < -0.4 is 5.32 Å². The zero-order chi connectivity index (χ0) is 16.9. The van der Waals surface area contributed by atoms with E-state index in [-0.39, 0.29) is 6.54 Å². The van der Waals surface area contributed by atoms with Crippen molar-refractivity contribution in [1.29, 1.82) is 0 Å². The largest absolute Gasteiger partial charge is 0.439 e. The van der Waals surface area contributed by atoms with Crippen LogP contribution in [-0.2, 0) is 11.3 Å². The van der Waals surface area contributed by atoms with Gasteiger partial charge in [0.1, 0.15) is 0 Å². The van der Waals surface area contributed by atoms with Crippen LogP contribution in [-0.4, -0.2) is 16.0 Å². The van der Waals surface area contributed by atoms with Gasteiger partial charge >= 0.3 is 0 Å². The highest BCUT2D eigenvalue weighted by atomic mass is 35.5. The predicted molar refractivity (Wildman–Crippen MR) is 90.2 cm³/mol. The van der Waals surface area contributed by atoms with Crippen LogP contribution in [0.5, 0.6) is 0 Å². The number of oxazole rings is 1. The molecule has 0 aliphatic carbocycles. The van der Waals surface area contributed by atoms with Crippen LogP contribution in [0.25, 0.3) is 11.3 Å². The lowest BCUT2D eigenvalue weighted by molar-refractivity contribution is -0.129. The number of carbonyl (C=O) groups excluding carboxylic acids is 1. The summed E-state index contributed by atoms with van der Waals surface area (Å²) in [5, 5.41) is 13.0. The minimum Gasteiger partial charge on any atom is -0.439 e. The standard InChI is InChI=1S/C18H15ClN2O3/c19-14-9-5-4-8-13(14)17(22)18(23)21-11-16-20-10-15(24-16)12-6-2-1-3-7-12/h1-10,17,22H,11H2,(H,21,23)/t17-/m1/s1. The molecule has 0 spiro atoms. The highest BCUT2D eigenvalue weighted by Gasteiger charge is 2.20. The highest BCUT2D eigenvalue weighted by molar-refractivity contribution is 6.31. The molecule has 0 aliphatic heterocycles. The van der Waals surface area contributed by atoms with Crippen LogP contribution in [0.4, 0.5) is 0 Å². The summed E-state index contributed by atoms with van der Waals surface area (Å²) in [5.74, 6) is 0.405. The molecule has 3 aromatic rings. The molecule has 1 aromatic heterocycles. The molecular formula is C18H15ClN2O3. The van der Waals surface area contributed by atoms with Gasteiger partial charge < -0.3 is 14.8 Å². The molecule has 6 heteroatoms. The normalized spacial score (nSPS) is 11.9. The van der Waals surface area contributed by atoms with E-state index < -0.39 is 12.0 Å². The molecule has 0 fully saturated rings. The third kappa shape index (κ3) is 3.64. The maximum absolute atomic E-state index is 12.1. The molecule has 0 aliphatic rings. The number of aromatic nitrogens is 1. The number of nitrogens with one attached hydrogen (secondary N) is 1. The first-order valence-electron chi connectivity index (χ1n) is 7.35. The van der Waals surface area contributed by atoms with Crippen LogP contribution in [0.2, 0.25) is 5.02 Å². The molecular weight excluding hydrogens is 328 g/mol. The number of benzene rings is 2. The summed E-state index contributed by atoms with van der Waals surface area (Å²) in [5.41, 5.74) is 1.26. The SMILES string of the molecule is O=C(NCc1ncc(-c2ccccc2)o1)[C@H](O)c1ccccc1Cl. The van der Waals surface area contributed by atoms with E-state index in [4.69, 9.17) is 16.0 Å². The minimum absolute atomic E-state index is 0.0766. The number of nitrogens with zero attached hydrogens (tertiary/aromatic N) is 1. The van der Waals surface area contributed by atoms with E-state index >= 15 is 0 Å². The number of halogens is 1. The van der Waals surface area contributed by atoms with Crippen LogP contribution in [0.3, 0.4) is 0 Å². The van der Waals surface area contributed by atoms with Gasteiger partial charge in [0.25, 0.3) is 5.91 Å². The maximum Gasteiger partial charge on any atom is 0.253 e. The Hall–Kier alpha value is -2.63. The number of hydrogen-bond donors (Lipinski definition) is 2. The summed E-state index contributed by atoms with van der Waals surface area (Å²) >= 11 is 5.98. The molecule has 5 nitrogen and oxygen atoms in total. The molecule has 1 heterocycles. The van der Waals surface area contributed by atoms with Crippen molar-refractivity contribution in [3.8, 4) is 11.3 Å². The van der Waals surface area contributed by atoms with Crippen molar-refractivity contribution >= 4 is 17.5 Å². The van der Waals surface area contributed by atoms with Crippen molar-refractivity contribution < 1.29 is 14.3 Å². The van der Waals surface area contributed by atoms with Gasteiger partial charge in [-0.05, 0) is 6.07 Å². The molecule has 0 unspecified atom stereocenters.